The van der Waals surface area contributed by atoms with Crippen LogP contribution in [0.25, 0.3) is 11.3 Å². The Morgan fingerprint density at radius 2 is 1.96 bits per heavy atom. The first kappa shape index (κ1) is 20.2. The summed E-state index contributed by atoms with van der Waals surface area (Å²) in [6.07, 6.45) is 1.70. The minimum atomic E-state index is 0.321. The van der Waals surface area contributed by atoms with E-state index in [9.17, 15) is 5.26 Å². The Balaban J connectivity index is 1.96. The lowest BCUT2D eigenvalue weighted by molar-refractivity contribution is 0.495. The molecule has 8 heteroatoms. The molecule has 0 aliphatic carbocycles. The van der Waals surface area contributed by atoms with E-state index in [-0.39, 0.29) is 0 Å². The van der Waals surface area contributed by atoms with Crippen LogP contribution in [-0.2, 0) is 0 Å². The molecule has 142 valence electrons. The van der Waals surface area contributed by atoms with E-state index in [2.05, 4.69) is 15.4 Å². The molecular formula is C20H16Cl2N4OS. The van der Waals surface area contributed by atoms with E-state index in [4.69, 9.17) is 27.9 Å². The molecule has 0 aliphatic rings. The summed E-state index contributed by atoms with van der Waals surface area (Å²) in [4.78, 5) is 6.22. The zero-order chi connectivity index (χ0) is 20.3. The second-order valence-corrected chi connectivity index (χ2v) is 7.71. The minimum Gasteiger partial charge on any atom is -0.442 e. The Kier molecular flexibility index (Phi) is 6.20. The number of rotatable bonds is 5. The van der Waals surface area contributed by atoms with E-state index >= 15 is 0 Å². The lowest BCUT2D eigenvalue weighted by Crippen LogP contribution is -2.07. The number of aromatic nitrogens is 1. The van der Waals surface area contributed by atoms with Gasteiger partial charge in [0.2, 0.25) is 5.06 Å². The molecule has 1 aromatic heterocycles. The number of aryl methyl sites for hydroxylation is 1. The number of nitriles is 1. The molecule has 0 saturated carbocycles. The van der Waals surface area contributed by atoms with Crippen LogP contribution in [0.5, 0.6) is 10.8 Å². The van der Waals surface area contributed by atoms with E-state index in [1.807, 2.05) is 44.1 Å². The molecule has 0 atom stereocenters. The quantitative estimate of drug-likeness (QED) is 0.351. The maximum atomic E-state index is 9.65. The molecule has 0 bridgehead atoms. The molecule has 2 aromatic carbocycles. The van der Waals surface area contributed by atoms with Gasteiger partial charge in [-0.15, -0.1) is 0 Å². The maximum absolute atomic E-state index is 9.65. The number of hydrogen-bond donors (Lipinski definition) is 0. The lowest BCUT2D eigenvalue weighted by Gasteiger charge is -2.10. The molecule has 0 spiro atoms. The van der Waals surface area contributed by atoms with Crippen LogP contribution in [-0.4, -0.2) is 29.7 Å². The highest BCUT2D eigenvalue weighted by molar-refractivity contribution is 7.08. The highest BCUT2D eigenvalue weighted by atomic mass is 35.5. The van der Waals surface area contributed by atoms with Gasteiger partial charge in [0.1, 0.15) is 23.1 Å². The van der Waals surface area contributed by atoms with Gasteiger partial charge in [0, 0.05) is 31.2 Å². The van der Waals surface area contributed by atoms with Crippen molar-refractivity contribution in [3.8, 4) is 28.1 Å². The van der Waals surface area contributed by atoms with Gasteiger partial charge in [-0.25, -0.2) is 4.99 Å². The van der Waals surface area contributed by atoms with Crippen molar-refractivity contribution in [1.82, 2.24) is 9.27 Å². The molecule has 0 saturated heterocycles. The van der Waals surface area contributed by atoms with Crippen molar-refractivity contribution in [3.63, 3.8) is 0 Å². The van der Waals surface area contributed by atoms with Crippen LogP contribution in [0.15, 0.2) is 41.4 Å². The Labute approximate surface area is 177 Å². The van der Waals surface area contributed by atoms with Gasteiger partial charge in [-0.1, -0.05) is 41.4 Å². The first-order valence-corrected chi connectivity index (χ1v) is 9.77. The Morgan fingerprint density at radius 3 is 2.64 bits per heavy atom. The third-order valence-corrected chi connectivity index (χ3v) is 5.13. The van der Waals surface area contributed by atoms with Crippen molar-refractivity contribution >= 4 is 46.8 Å². The fourth-order valence-corrected chi connectivity index (χ4v) is 3.57. The van der Waals surface area contributed by atoms with Crippen LogP contribution in [0.1, 0.15) is 11.1 Å². The summed E-state index contributed by atoms with van der Waals surface area (Å²) in [6.45, 7) is 1.92. The summed E-state index contributed by atoms with van der Waals surface area (Å²) in [5.74, 6) is 0.439. The first-order chi connectivity index (χ1) is 13.4. The normalized spacial score (nSPS) is 10.9. The average molecular weight is 431 g/mol. The summed E-state index contributed by atoms with van der Waals surface area (Å²) >= 11 is 13.7. The van der Waals surface area contributed by atoms with Crippen LogP contribution in [0.4, 0.5) is 5.69 Å². The monoisotopic (exact) mass is 430 g/mol. The largest absolute Gasteiger partial charge is 0.442 e. The van der Waals surface area contributed by atoms with Gasteiger partial charge in [-0.3, -0.25) is 0 Å². The number of ether oxygens (including phenoxy) is 1. The van der Waals surface area contributed by atoms with Crippen molar-refractivity contribution in [2.24, 2.45) is 4.99 Å². The zero-order valence-corrected chi connectivity index (χ0v) is 17.7. The smallest absolute Gasteiger partial charge is 0.218 e. The number of nitrogens with zero attached hydrogens (tertiary/aromatic N) is 4. The molecule has 0 unspecified atom stereocenters. The fraction of sp³-hybridized carbons (Fsp3) is 0.150. The van der Waals surface area contributed by atoms with E-state index in [0.717, 1.165) is 22.8 Å². The highest BCUT2D eigenvalue weighted by Crippen LogP contribution is 2.41. The zero-order valence-electron chi connectivity index (χ0n) is 15.4. The molecule has 0 aliphatic heterocycles. The van der Waals surface area contributed by atoms with Gasteiger partial charge in [-0.2, -0.15) is 9.64 Å². The topological polar surface area (TPSA) is 61.5 Å². The van der Waals surface area contributed by atoms with Gasteiger partial charge in [0.05, 0.1) is 22.1 Å². The summed E-state index contributed by atoms with van der Waals surface area (Å²) in [5, 5.41) is 10.9. The first-order valence-electron chi connectivity index (χ1n) is 8.24. The summed E-state index contributed by atoms with van der Waals surface area (Å²) < 4.78 is 10.3. The molecule has 0 N–H and O–H groups in total. The van der Waals surface area contributed by atoms with Crippen LogP contribution in [0.2, 0.25) is 10.0 Å². The molecule has 3 rings (SSSR count). The molecule has 0 amide bonds. The Bertz CT molecular complexity index is 1090. The number of aliphatic imine (C=N–C) groups is 1. The molecule has 0 fully saturated rings. The second kappa shape index (κ2) is 8.61. The van der Waals surface area contributed by atoms with Crippen molar-refractivity contribution in [1.29, 1.82) is 5.26 Å². The third kappa shape index (κ3) is 4.28. The van der Waals surface area contributed by atoms with E-state index < -0.39 is 0 Å². The maximum Gasteiger partial charge on any atom is 0.218 e. The van der Waals surface area contributed by atoms with Crippen LogP contribution >= 0.6 is 34.7 Å². The lowest BCUT2D eigenvalue weighted by atomic mass is 10.1. The fourth-order valence-electron chi connectivity index (χ4n) is 2.42. The predicted molar refractivity (Wildman–Crippen MR) is 115 cm³/mol. The van der Waals surface area contributed by atoms with Gasteiger partial charge >= 0.3 is 0 Å². The third-order valence-electron chi connectivity index (χ3n) is 3.78. The van der Waals surface area contributed by atoms with Gasteiger partial charge in [0.25, 0.3) is 0 Å². The molecular weight excluding hydrogens is 415 g/mol. The Hall–Kier alpha value is -2.59. The van der Waals surface area contributed by atoms with Crippen molar-refractivity contribution in [2.75, 3.05) is 14.1 Å². The summed E-state index contributed by atoms with van der Waals surface area (Å²) in [5.41, 5.74) is 3.14. The van der Waals surface area contributed by atoms with Crippen molar-refractivity contribution in [3.05, 3.63) is 57.6 Å². The summed E-state index contributed by atoms with van der Waals surface area (Å²) in [6, 6.07) is 12.9. The van der Waals surface area contributed by atoms with E-state index in [1.165, 1.54) is 0 Å². The van der Waals surface area contributed by atoms with Crippen LogP contribution < -0.4 is 4.74 Å². The van der Waals surface area contributed by atoms with E-state index in [1.54, 1.807) is 24.5 Å². The number of hydrogen-bond acceptors (Lipinski definition) is 5. The van der Waals surface area contributed by atoms with Crippen LogP contribution in [0.3, 0.4) is 0 Å². The molecule has 5 nitrogen and oxygen atoms in total. The number of halogens is 2. The predicted octanol–water partition coefficient (Wildman–Crippen LogP) is 6.31. The van der Waals surface area contributed by atoms with Crippen molar-refractivity contribution < 1.29 is 4.74 Å². The molecule has 3 aromatic rings. The van der Waals surface area contributed by atoms with Gasteiger partial charge < -0.3 is 9.64 Å². The van der Waals surface area contributed by atoms with Crippen LogP contribution in [0, 0.1) is 18.3 Å². The molecule has 28 heavy (non-hydrogen) atoms. The molecule has 0 radical (unpaired) electrons. The van der Waals surface area contributed by atoms with Gasteiger partial charge in [0.15, 0.2) is 0 Å². The second-order valence-electron chi connectivity index (χ2n) is 6.16. The SMILES string of the molecule is Cc1cc(Oc2snc(-c3ccccc3Cl)c2C#N)c(Cl)cc1/N=C\N(C)C. The summed E-state index contributed by atoms with van der Waals surface area (Å²) in [7, 11) is 3.78. The average Bonchev–Trinajstić information content (AvgIpc) is 3.06. The number of benzene rings is 2. The Morgan fingerprint density at radius 1 is 1.21 bits per heavy atom. The highest BCUT2D eigenvalue weighted by Gasteiger charge is 2.20. The standard InChI is InChI=1S/C20H16Cl2N4OS/c1-12-8-18(16(22)9-17(12)24-11-26(2)3)27-20-14(10-23)19(25-28-20)13-6-4-5-7-15(13)21/h4-9,11H,1-3H3/b24-11-. The molecule has 1 heterocycles. The van der Waals surface area contributed by atoms with Gasteiger partial charge in [-0.05, 0) is 30.7 Å². The minimum absolute atomic E-state index is 0.321. The van der Waals surface area contributed by atoms with E-state index in [0.29, 0.717) is 37.7 Å². The van der Waals surface area contributed by atoms with Crippen molar-refractivity contribution in [2.45, 2.75) is 6.92 Å².